The van der Waals surface area contributed by atoms with E-state index in [4.69, 9.17) is 4.74 Å². The normalized spacial score (nSPS) is 11.5. The first kappa shape index (κ1) is 19.3. The van der Waals surface area contributed by atoms with Crippen molar-refractivity contribution in [1.82, 2.24) is 0 Å². The van der Waals surface area contributed by atoms with Gasteiger partial charge in [-0.15, -0.1) is 0 Å². The van der Waals surface area contributed by atoms with Crippen LogP contribution in [0.1, 0.15) is 30.6 Å². The van der Waals surface area contributed by atoms with Crippen molar-refractivity contribution in [2.75, 3.05) is 6.61 Å². The fraction of sp³-hybridized carbons (Fsp3) is 0.227. The molecule has 2 rings (SSSR count). The molecule has 0 saturated carbocycles. The molecule has 0 aromatic heterocycles. The molecule has 2 aromatic carbocycles. The molecule has 0 fully saturated rings. The zero-order chi connectivity index (χ0) is 19.1. The van der Waals surface area contributed by atoms with E-state index in [1.807, 2.05) is 42.5 Å². The van der Waals surface area contributed by atoms with Crippen LogP contribution in [0.2, 0.25) is 0 Å². The van der Waals surface area contributed by atoms with Crippen LogP contribution in [0.25, 0.3) is 11.1 Å². The van der Waals surface area contributed by atoms with E-state index in [2.05, 4.69) is 6.58 Å². The van der Waals surface area contributed by atoms with Gasteiger partial charge in [0, 0.05) is 17.6 Å². The summed E-state index contributed by atoms with van der Waals surface area (Å²) in [7, 11) is 0. The van der Waals surface area contributed by atoms with Crippen LogP contribution >= 0.6 is 0 Å². The SMILES string of the molecule is C=C(C(C)=O)[C@@H](CC(=O)c1ccc(-c2ccccc2)cc1)C(=O)OCC. The van der Waals surface area contributed by atoms with Gasteiger partial charge in [0.25, 0.3) is 0 Å². The molecule has 0 amide bonds. The van der Waals surface area contributed by atoms with Crippen LogP contribution in [0.3, 0.4) is 0 Å². The lowest BCUT2D eigenvalue weighted by atomic mass is 9.90. The van der Waals surface area contributed by atoms with Gasteiger partial charge in [-0.05, 0) is 25.0 Å². The maximum absolute atomic E-state index is 12.6. The highest BCUT2D eigenvalue weighted by Crippen LogP contribution is 2.23. The average molecular weight is 350 g/mol. The zero-order valence-electron chi connectivity index (χ0n) is 15.0. The highest BCUT2D eigenvalue weighted by Gasteiger charge is 2.28. The molecule has 2 aromatic rings. The van der Waals surface area contributed by atoms with Gasteiger partial charge in [-0.3, -0.25) is 14.4 Å². The molecule has 0 saturated heterocycles. The summed E-state index contributed by atoms with van der Waals surface area (Å²) in [5.74, 6) is -2.10. The second kappa shape index (κ2) is 8.90. The Morgan fingerprint density at radius 1 is 0.962 bits per heavy atom. The zero-order valence-corrected chi connectivity index (χ0v) is 15.0. The van der Waals surface area contributed by atoms with Crippen molar-refractivity contribution < 1.29 is 19.1 Å². The van der Waals surface area contributed by atoms with E-state index < -0.39 is 11.9 Å². The van der Waals surface area contributed by atoms with E-state index in [0.717, 1.165) is 11.1 Å². The largest absolute Gasteiger partial charge is 0.466 e. The van der Waals surface area contributed by atoms with Crippen molar-refractivity contribution in [3.63, 3.8) is 0 Å². The van der Waals surface area contributed by atoms with Gasteiger partial charge in [-0.2, -0.15) is 0 Å². The van der Waals surface area contributed by atoms with Crippen LogP contribution in [0.15, 0.2) is 66.7 Å². The molecular weight excluding hydrogens is 328 g/mol. The monoisotopic (exact) mass is 350 g/mol. The van der Waals surface area contributed by atoms with Gasteiger partial charge in [0.2, 0.25) is 0 Å². The third-order valence-corrected chi connectivity index (χ3v) is 4.15. The van der Waals surface area contributed by atoms with Crippen LogP contribution in [0, 0.1) is 5.92 Å². The Hall–Kier alpha value is -3.01. The minimum Gasteiger partial charge on any atom is -0.466 e. The van der Waals surface area contributed by atoms with Crippen molar-refractivity contribution in [2.45, 2.75) is 20.3 Å². The molecule has 1 atom stereocenters. The summed E-state index contributed by atoms with van der Waals surface area (Å²) in [4.78, 5) is 36.3. The number of ketones is 2. The van der Waals surface area contributed by atoms with Crippen molar-refractivity contribution >= 4 is 17.5 Å². The van der Waals surface area contributed by atoms with Crippen LogP contribution in [-0.2, 0) is 14.3 Å². The summed E-state index contributed by atoms with van der Waals surface area (Å²) in [5.41, 5.74) is 2.63. The van der Waals surface area contributed by atoms with E-state index in [1.165, 1.54) is 6.92 Å². The Balaban J connectivity index is 2.17. The predicted molar refractivity (Wildman–Crippen MR) is 101 cm³/mol. The molecule has 4 heteroatoms. The van der Waals surface area contributed by atoms with Gasteiger partial charge >= 0.3 is 5.97 Å². The molecule has 0 radical (unpaired) electrons. The molecule has 0 bridgehead atoms. The molecule has 0 spiro atoms. The van der Waals surface area contributed by atoms with E-state index in [1.54, 1.807) is 19.1 Å². The number of benzene rings is 2. The molecule has 0 aliphatic heterocycles. The topological polar surface area (TPSA) is 60.4 Å². The second-order valence-electron chi connectivity index (χ2n) is 5.96. The molecule has 26 heavy (non-hydrogen) atoms. The highest BCUT2D eigenvalue weighted by atomic mass is 16.5. The summed E-state index contributed by atoms with van der Waals surface area (Å²) in [5, 5.41) is 0. The quantitative estimate of drug-likeness (QED) is 0.406. The Morgan fingerprint density at radius 3 is 2.08 bits per heavy atom. The number of ether oxygens (including phenoxy) is 1. The van der Waals surface area contributed by atoms with Gasteiger partial charge < -0.3 is 4.74 Å². The Kier molecular flexibility index (Phi) is 6.61. The highest BCUT2D eigenvalue weighted by molar-refractivity contribution is 6.03. The van der Waals surface area contributed by atoms with Crippen molar-refractivity contribution in [2.24, 2.45) is 5.92 Å². The number of hydrogen-bond acceptors (Lipinski definition) is 4. The minimum atomic E-state index is -0.950. The number of rotatable bonds is 8. The van der Waals surface area contributed by atoms with E-state index in [-0.39, 0.29) is 30.2 Å². The number of Topliss-reactive ketones (excluding diaryl/α,β-unsaturated/α-hetero) is 2. The first-order valence-corrected chi connectivity index (χ1v) is 8.49. The molecule has 0 aliphatic rings. The van der Waals surface area contributed by atoms with Crippen molar-refractivity contribution in [3.8, 4) is 11.1 Å². The molecular formula is C22H22O4. The van der Waals surface area contributed by atoms with Gasteiger partial charge in [-0.25, -0.2) is 0 Å². The maximum atomic E-state index is 12.6. The lowest BCUT2D eigenvalue weighted by Gasteiger charge is -2.16. The summed E-state index contributed by atoms with van der Waals surface area (Å²) < 4.78 is 4.98. The summed E-state index contributed by atoms with van der Waals surface area (Å²) in [6, 6.07) is 17.0. The molecule has 0 N–H and O–H groups in total. The van der Waals surface area contributed by atoms with Gasteiger partial charge in [0.15, 0.2) is 11.6 Å². The number of hydrogen-bond donors (Lipinski definition) is 0. The van der Waals surface area contributed by atoms with E-state index >= 15 is 0 Å². The van der Waals surface area contributed by atoms with Crippen LogP contribution in [-0.4, -0.2) is 24.1 Å². The van der Waals surface area contributed by atoms with Gasteiger partial charge in [0.1, 0.15) is 0 Å². The summed E-state index contributed by atoms with van der Waals surface area (Å²) >= 11 is 0. The standard InChI is InChI=1S/C22H22O4/c1-4-26-22(25)20(15(2)16(3)23)14-21(24)19-12-10-18(11-13-19)17-8-6-5-7-9-17/h5-13,20H,2,4,14H2,1,3H3/t20-/m1/s1. The molecule has 0 heterocycles. The van der Waals surface area contributed by atoms with Gasteiger partial charge in [0.05, 0.1) is 12.5 Å². The Morgan fingerprint density at radius 2 is 1.54 bits per heavy atom. The first-order valence-electron chi connectivity index (χ1n) is 8.49. The molecule has 4 nitrogen and oxygen atoms in total. The number of carbonyl (C=O) groups excluding carboxylic acids is 3. The number of carbonyl (C=O) groups is 3. The smallest absolute Gasteiger partial charge is 0.313 e. The van der Waals surface area contributed by atoms with Crippen molar-refractivity contribution in [3.05, 3.63) is 72.3 Å². The van der Waals surface area contributed by atoms with Crippen LogP contribution in [0.4, 0.5) is 0 Å². The Labute approximate surface area is 153 Å². The van der Waals surface area contributed by atoms with Crippen LogP contribution < -0.4 is 0 Å². The number of esters is 1. The summed E-state index contributed by atoms with van der Waals surface area (Å²) in [6.07, 6.45) is -0.137. The Bertz CT molecular complexity index is 804. The van der Waals surface area contributed by atoms with Gasteiger partial charge in [-0.1, -0.05) is 61.2 Å². The van der Waals surface area contributed by atoms with E-state index in [9.17, 15) is 14.4 Å². The average Bonchev–Trinajstić information content (AvgIpc) is 2.66. The van der Waals surface area contributed by atoms with Crippen LogP contribution in [0.5, 0.6) is 0 Å². The lowest BCUT2D eigenvalue weighted by Crippen LogP contribution is -2.25. The summed E-state index contributed by atoms with van der Waals surface area (Å²) in [6.45, 7) is 6.84. The maximum Gasteiger partial charge on any atom is 0.313 e. The van der Waals surface area contributed by atoms with E-state index in [0.29, 0.717) is 5.56 Å². The molecule has 0 unspecified atom stereocenters. The minimum absolute atomic E-state index is 0.0951. The second-order valence-corrected chi connectivity index (χ2v) is 5.96. The molecule has 0 aliphatic carbocycles. The fourth-order valence-electron chi connectivity index (χ4n) is 2.62. The third-order valence-electron chi connectivity index (χ3n) is 4.15. The predicted octanol–water partition coefficient (Wildman–Crippen LogP) is 4.25. The third kappa shape index (κ3) is 4.76. The lowest BCUT2D eigenvalue weighted by molar-refractivity contribution is -0.147. The first-order chi connectivity index (χ1) is 12.4. The molecule has 134 valence electrons. The fourth-order valence-corrected chi connectivity index (χ4v) is 2.62. The van der Waals surface area contributed by atoms with Crippen molar-refractivity contribution in [1.29, 1.82) is 0 Å².